The Kier molecular flexibility index (Phi) is 5.16. The fourth-order valence-electron chi connectivity index (χ4n) is 1.24. The molecule has 92 valence electrons. The molecule has 5 heteroatoms. The Balaban J connectivity index is 2.37. The van der Waals surface area contributed by atoms with Crippen molar-refractivity contribution in [2.24, 2.45) is 0 Å². The number of hydrogen-bond donors (Lipinski definition) is 2. The third-order valence-electron chi connectivity index (χ3n) is 2.09. The van der Waals surface area contributed by atoms with Gasteiger partial charge in [0.25, 0.3) is 0 Å². The highest BCUT2D eigenvalue weighted by Gasteiger charge is 2.02. The van der Waals surface area contributed by atoms with Crippen molar-refractivity contribution >= 4 is 17.8 Å². The van der Waals surface area contributed by atoms with Crippen LogP contribution < -0.4 is 0 Å². The maximum absolute atomic E-state index is 11.3. The number of aliphatic carboxylic acids is 1. The fourth-order valence-corrected chi connectivity index (χ4v) is 1.24. The highest BCUT2D eigenvalue weighted by molar-refractivity contribution is 5.93. The van der Waals surface area contributed by atoms with E-state index in [0.717, 1.165) is 0 Å². The van der Waals surface area contributed by atoms with Crippen LogP contribution in [0.2, 0.25) is 0 Å². The van der Waals surface area contributed by atoms with Crippen LogP contribution in [0.4, 0.5) is 0 Å². The van der Waals surface area contributed by atoms with Crippen molar-refractivity contribution in [3.05, 3.63) is 29.7 Å². The Morgan fingerprint density at radius 3 is 2.65 bits per heavy atom. The van der Waals surface area contributed by atoms with Gasteiger partial charge in [-0.15, -0.1) is 0 Å². The summed E-state index contributed by atoms with van der Waals surface area (Å²) in [5, 5.41) is 17.2. The van der Waals surface area contributed by atoms with Crippen LogP contribution in [-0.4, -0.2) is 22.0 Å². The average Bonchev–Trinajstić information content (AvgIpc) is 2.73. The van der Waals surface area contributed by atoms with Gasteiger partial charge in [0.1, 0.15) is 18.1 Å². The summed E-state index contributed by atoms with van der Waals surface area (Å²) in [7, 11) is 0. The number of carboxylic acid groups (broad SMARTS) is 1. The van der Waals surface area contributed by atoms with Crippen LogP contribution in [-0.2, 0) is 16.2 Å². The fraction of sp³-hybridized carbons (Fsp3) is 0.333. The lowest BCUT2D eigenvalue weighted by Gasteiger charge is -1.92. The van der Waals surface area contributed by atoms with Gasteiger partial charge in [-0.2, -0.15) is 0 Å². The molecule has 0 aliphatic heterocycles. The van der Waals surface area contributed by atoms with Crippen LogP contribution in [0.5, 0.6) is 0 Å². The van der Waals surface area contributed by atoms with Crippen molar-refractivity contribution in [3.63, 3.8) is 0 Å². The molecule has 0 fully saturated rings. The molecule has 1 aromatic rings. The minimum absolute atomic E-state index is 0.00497. The Bertz CT molecular complexity index is 416. The molecule has 0 amide bonds. The molecule has 2 N–H and O–H groups in total. The predicted octanol–water partition coefficient (Wildman–Crippen LogP) is 1.61. The largest absolute Gasteiger partial charge is 0.481 e. The first kappa shape index (κ1) is 13.2. The van der Waals surface area contributed by atoms with Gasteiger partial charge in [0, 0.05) is 12.8 Å². The molecule has 0 saturated heterocycles. The second-order valence-corrected chi connectivity index (χ2v) is 3.51. The van der Waals surface area contributed by atoms with E-state index in [1.165, 1.54) is 12.2 Å². The predicted molar refractivity (Wildman–Crippen MR) is 60.2 cm³/mol. The van der Waals surface area contributed by atoms with E-state index >= 15 is 0 Å². The highest BCUT2D eigenvalue weighted by Crippen LogP contribution is 2.09. The number of ketones is 1. The van der Waals surface area contributed by atoms with E-state index in [9.17, 15) is 9.59 Å². The van der Waals surface area contributed by atoms with Gasteiger partial charge in [0.15, 0.2) is 5.78 Å². The van der Waals surface area contributed by atoms with Gasteiger partial charge in [-0.1, -0.05) is 0 Å². The monoisotopic (exact) mass is 238 g/mol. The van der Waals surface area contributed by atoms with Crippen molar-refractivity contribution in [2.75, 3.05) is 0 Å². The molecule has 0 atom stereocenters. The van der Waals surface area contributed by atoms with E-state index in [2.05, 4.69) is 0 Å². The summed E-state index contributed by atoms with van der Waals surface area (Å²) in [6, 6.07) is 3.27. The van der Waals surface area contributed by atoms with Crippen molar-refractivity contribution in [1.82, 2.24) is 0 Å². The number of furan rings is 1. The number of rotatable bonds is 7. The van der Waals surface area contributed by atoms with Crippen LogP contribution >= 0.6 is 0 Å². The second kappa shape index (κ2) is 6.65. The van der Waals surface area contributed by atoms with Crippen molar-refractivity contribution in [2.45, 2.75) is 25.9 Å². The van der Waals surface area contributed by atoms with Gasteiger partial charge in [0.05, 0.1) is 0 Å². The van der Waals surface area contributed by atoms with Gasteiger partial charge in [-0.3, -0.25) is 9.59 Å². The number of carboxylic acids is 1. The first-order chi connectivity index (χ1) is 8.11. The Labute approximate surface area is 98.4 Å². The summed E-state index contributed by atoms with van der Waals surface area (Å²) in [4.78, 5) is 21.5. The topological polar surface area (TPSA) is 87.7 Å². The molecule has 0 bridgehead atoms. The maximum atomic E-state index is 11.3. The number of aliphatic hydroxyl groups is 1. The normalized spacial score (nSPS) is 10.9. The van der Waals surface area contributed by atoms with Crippen LogP contribution in [0.3, 0.4) is 0 Å². The van der Waals surface area contributed by atoms with Crippen molar-refractivity contribution in [1.29, 1.82) is 0 Å². The molecule has 5 nitrogen and oxygen atoms in total. The van der Waals surface area contributed by atoms with Crippen LogP contribution in [0.1, 0.15) is 30.8 Å². The van der Waals surface area contributed by atoms with E-state index in [1.807, 2.05) is 0 Å². The molecule has 0 aliphatic rings. The summed E-state index contributed by atoms with van der Waals surface area (Å²) in [5.74, 6) is -0.128. The molecule has 0 aliphatic carbocycles. The quantitative estimate of drug-likeness (QED) is 0.704. The molecule has 0 unspecified atom stereocenters. The lowest BCUT2D eigenvalue weighted by atomic mass is 10.1. The van der Waals surface area contributed by atoms with Crippen molar-refractivity contribution in [3.8, 4) is 0 Å². The number of allylic oxidation sites excluding steroid dienone is 1. The minimum atomic E-state index is -0.902. The van der Waals surface area contributed by atoms with E-state index in [4.69, 9.17) is 14.6 Å². The lowest BCUT2D eigenvalue weighted by Crippen LogP contribution is -1.98. The Morgan fingerprint density at radius 1 is 1.29 bits per heavy atom. The van der Waals surface area contributed by atoms with Gasteiger partial charge in [-0.05, 0) is 30.7 Å². The van der Waals surface area contributed by atoms with Gasteiger partial charge in [0.2, 0.25) is 0 Å². The first-order valence-corrected chi connectivity index (χ1v) is 5.24. The molecule has 1 rings (SSSR count). The van der Waals surface area contributed by atoms with E-state index in [1.54, 1.807) is 12.1 Å². The Morgan fingerprint density at radius 2 is 2.06 bits per heavy atom. The third-order valence-corrected chi connectivity index (χ3v) is 2.09. The lowest BCUT2D eigenvalue weighted by molar-refractivity contribution is -0.137. The number of aliphatic hydroxyl groups excluding tert-OH is 1. The molecule has 1 aromatic heterocycles. The zero-order chi connectivity index (χ0) is 12.7. The van der Waals surface area contributed by atoms with Crippen LogP contribution in [0.15, 0.2) is 22.6 Å². The van der Waals surface area contributed by atoms with Gasteiger partial charge >= 0.3 is 5.97 Å². The molecular formula is C12H14O5. The summed E-state index contributed by atoms with van der Waals surface area (Å²) in [5.41, 5.74) is 0. The van der Waals surface area contributed by atoms with Gasteiger partial charge < -0.3 is 14.6 Å². The summed E-state index contributed by atoms with van der Waals surface area (Å²) in [6.07, 6.45) is 3.38. The standard InChI is InChI=1S/C12H14O5/c13-8-11-7-6-10(17-11)5-4-9(14)2-1-3-12(15)16/h4-7,13H,1-3,8H2,(H,15,16)/b5-4+. The van der Waals surface area contributed by atoms with Crippen LogP contribution in [0.25, 0.3) is 6.08 Å². The molecular weight excluding hydrogens is 224 g/mol. The van der Waals surface area contributed by atoms with E-state index in [-0.39, 0.29) is 25.2 Å². The molecule has 0 spiro atoms. The number of hydrogen-bond acceptors (Lipinski definition) is 4. The Hall–Kier alpha value is -1.88. The SMILES string of the molecule is O=C(O)CCCC(=O)/C=C/c1ccc(CO)o1. The number of carbonyl (C=O) groups is 2. The maximum Gasteiger partial charge on any atom is 0.303 e. The molecule has 17 heavy (non-hydrogen) atoms. The highest BCUT2D eigenvalue weighted by atomic mass is 16.4. The molecule has 0 saturated carbocycles. The van der Waals surface area contributed by atoms with Gasteiger partial charge in [-0.25, -0.2) is 0 Å². The minimum Gasteiger partial charge on any atom is -0.481 e. The number of carbonyl (C=O) groups excluding carboxylic acids is 1. The zero-order valence-corrected chi connectivity index (χ0v) is 9.26. The molecule has 0 aromatic carbocycles. The smallest absolute Gasteiger partial charge is 0.303 e. The zero-order valence-electron chi connectivity index (χ0n) is 9.26. The van der Waals surface area contributed by atoms with Crippen molar-refractivity contribution < 1.29 is 24.2 Å². The first-order valence-electron chi connectivity index (χ1n) is 5.24. The van der Waals surface area contributed by atoms with E-state index < -0.39 is 5.97 Å². The summed E-state index contributed by atoms with van der Waals surface area (Å²) >= 11 is 0. The van der Waals surface area contributed by atoms with E-state index in [0.29, 0.717) is 17.9 Å². The molecule has 1 heterocycles. The second-order valence-electron chi connectivity index (χ2n) is 3.51. The third kappa shape index (κ3) is 5.12. The van der Waals surface area contributed by atoms with Crippen LogP contribution in [0, 0.1) is 0 Å². The average molecular weight is 238 g/mol. The summed E-state index contributed by atoms with van der Waals surface area (Å²) < 4.78 is 5.14. The summed E-state index contributed by atoms with van der Waals surface area (Å²) in [6.45, 7) is -0.180. The molecule has 0 radical (unpaired) electrons.